The van der Waals surface area contributed by atoms with E-state index in [-0.39, 0.29) is 5.52 Å². The van der Waals surface area contributed by atoms with Crippen molar-refractivity contribution >= 4 is 27.5 Å². The Morgan fingerprint density at radius 1 is 1.26 bits per heavy atom. The second kappa shape index (κ2) is 6.04. The Morgan fingerprint density at radius 2 is 2.04 bits per heavy atom. The van der Waals surface area contributed by atoms with Gasteiger partial charge in [0.1, 0.15) is 5.82 Å². The van der Waals surface area contributed by atoms with Gasteiger partial charge >= 0.3 is 0 Å². The summed E-state index contributed by atoms with van der Waals surface area (Å²) in [5, 5.41) is 0. The normalized spacial score (nSPS) is 12.1. The first-order valence-corrected chi connectivity index (χ1v) is 7.95. The van der Waals surface area contributed by atoms with Crippen molar-refractivity contribution in [3.8, 4) is 0 Å². The third kappa shape index (κ3) is 2.94. The molecule has 0 saturated carbocycles. The van der Waals surface area contributed by atoms with Gasteiger partial charge in [-0.1, -0.05) is 29.0 Å². The predicted octanol–water partition coefficient (Wildman–Crippen LogP) is 4.05. The Balaban J connectivity index is 2.19. The predicted molar refractivity (Wildman–Crippen MR) is 86.5 cm³/mol. The van der Waals surface area contributed by atoms with Crippen LogP contribution < -0.4 is 4.80 Å². The van der Waals surface area contributed by atoms with Crippen molar-refractivity contribution in [2.45, 2.75) is 20.4 Å². The van der Waals surface area contributed by atoms with Gasteiger partial charge in [-0.05, 0) is 32.0 Å². The fraction of sp³-hybridized carbons (Fsp3) is 0.176. The summed E-state index contributed by atoms with van der Waals surface area (Å²) in [5.74, 6) is -1.69. The molecule has 0 aliphatic carbocycles. The molecular formula is C17H14F2N2OS. The molecular weight excluding hydrogens is 318 g/mol. The maximum Gasteiger partial charge on any atom is 0.279 e. The number of aromatic nitrogens is 1. The second-order valence-electron chi connectivity index (χ2n) is 5.15. The van der Waals surface area contributed by atoms with Crippen molar-refractivity contribution in [2.75, 3.05) is 0 Å². The molecule has 0 fully saturated rings. The summed E-state index contributed by atoms with van der Waals surface area (Å²) in [6.07, 6.45) is 0. The highest BCUT2D eigenvalue weighted by Crippen LogP contribution is 2.22. The van der Waals surface area contributed by atoms with Crippen LogP contribution in [0.3, 0.4) is 0 Å². The average molecular weight is 332 g/mol. The summed E-state index contributed by atoms with van der Waals surface area (Å²) in [4.78, 5) is 16.8. The smallest absolute Gasteiger partial charge is 0.279 e. The number of nitrogens with zero attached hydrogens (tertiary/aromatic N) is 2. The lowest BCUT2D eigenvalue weighted by Crippen LogP contribution is -2.16. The number of carbonyl (C=O) groups is 1. The molecule has 0 unspecified atom stereocenters. The molecule has 1 amide bonds. The SMILES string of the molecule is CCn1c(=NC(=O)c2cccc(C)c2)sc2cc(F)cc(F)c21. The van der Waals surface area contributed by atoms with Gasteiger partial charge in [0.2, 0.25) is 0 Å². The summed E-state index contributed by atoms with van der Waals surface area (Å²) < 4.78 is 29.4. The molecule has 23 heavy (non-hydrogen) atoms. The van der Waals surface area contributed by atoms with Crippen LogP contribution >= 0.6 is 11.3 Å². The monoisotopic (exact) mass is 332 g/mol. The number of carbonyl (C=O) groups excluding carboxylic acids is 1. The molecule has 118 valence electrons. The molecule has 0 radical (unpaired) electrons. The van der Waals surface area contributed by atoms with Crippen molar-refractivity contribution in [2.24, 2.45) is 4.99 Å². The molecule has 1 heterocycles. The lowest BCUT2D eigenvalue weighted by atomic mass is 10.1. The maximum absolute atomic E-state index is 14.0. The van der Waals surface area contributed by atoms with Crippen molar-refractivity contribution < 1.29 is 13.6 Å². The summed E-state index contributed by atoms with van der Waals surface area (Å²) in [6, 6.07) is 9.20. The fourth-order valence-corrected chi connectivity index (χ4v) is 3.57. The highest BCUT2D eigenvalue weighted by atomic mass is 32.1. The molecule has 0 aliphatic heterocycles. The van der Waals surface area contributed by atoms with E-state index in [0.29, 0.717) is 21.6 Å². The molecule has 1 aromatic heterocycles. The fourth-order valence-electron chi connectivity index (χ4n) is 2.44. The van der Waals surface area contributed by atoms with Crippen LogP contribution in [0.5, 0.6) is 0 Å². The molecule has 0 N–H and O–H groups in total. The minimum atomic E-state index is -0.650. The van der Waals surface area contributed by atoms with Gasteiger partial charge in [-0.2, -0.15) is 4.99 Å². The van der Waals surface area contributed by atoms with E-state index in [1.807, 2.05) is 19.9 Å². The zero-order valence-electron chi connectivity index (χ0n) is 12.6. The maximum atomic E-state index is 14.0. The molecule has 0 spiro atoms. The highest BCUT2D eigenvalue weighted by molar-refractivity contribution is 7.16. The number of thiazole rings is 1. The van der Waals surface area contributed by atoms with E-state index >= 15 is 0 Å². The molecule has 2 aromatic carbocycles. The Kier molecular flexibility index (Phi) is 4.09. The molecule has 0 saturated heterocycles. The van der Waals surface area contributed by atoms with E-state index in [1.54, 1.807) is 22.8 Å². The largest absolute Gasteiger partial charge is 0.314 e. The van der Waals surface area contributed by atoms with Crippen LogP contribution in [0.2, 0.25) is 0 Å². The number of benzene rings is 2. The first-order valence-electron chi connectivity index (χ1n) is 7.13. The minimum absolute atomic E-state index is 0.273. The minimum Gasteiger partial charge on any atom is -0.314 e. The van der Waals surface area contributed by atoms with Crippen molar-refractivity contribution in [1.82, 2.24) is 4.57 Å². The summed E-state index contributed by atoms with van der Waals surface area (Å²) in [5.41, 5.74) is 1.70. The third-order valence-electron chi connectivity index (χ3n) is 3.47. The van der Waals surface area contributed by atoms with Gasteiger partial charge in [0, 0.05) is 18.2 Å². The lowest BCUT2D eigenvalue weighted by Gasteiger charge is -2.02. The Hall–Kier alpha value is -2.34. The van der Waals surface area contributed by atoms with Crippen LogP contribution in [0, 0.1) is 18.6 Å². The Bertz CT molecular complexity index is 972. The van der Waals surface area contributed by atoms with Gasteiger partial charge in [0.15, 0.2) is 10.6 Å². The number of amides is 1. The molecule has 3 aromatic rings. The van der Waals surface area contributed by atoms with Gasteiger partial charge in [-0.15, -0.1) is 0 Å². The molecule has 0 bridgehead atoms. The zero-order chi connectivity index (χ0) is 16.6. The standard InChI is InChI=1S/C17H14F2N2OS/c1-3-21-15-13(19)8-12(18)9-14(15)23-17(21)20-16(22)11-6-4-5-10(2)7-11/h4-9H,3H2,1-2H3. The number of rotatable bonds is 2. The van der Waals surface area contributed by atoms with Crippen molar-refractivity contribution in [1.29, 1.82) is 0 Å². The van der Waals surface area contributed by atoms with Gasteiger partial charge in [0.25, 0.3) is 5.91 Å². The van der Waals surface area contributed by atoms with E-state index in [0.717, 1.165) is 23.0 Å². The Morgan fingerprint density at radius 3 is 2.74 bits per heavy atom. The van der Waals surface area contributed by atoms with Crippen LogP contribution in [-0.2, 0) is 6.54 Å². The van der Waals surface area contributed by atoms with Gasteiger partial charge in [-0.25, -0.2) is 8.78 Å². The van der Waals surface area contributed by atoms with Crippen LogP contribution in [0.4, 0.5) is 8.78 Å². The van der Waals surface area contributed by atoms with Crippen LogP contribution in [0.15, 0.2) is 41.4 Å². The summed E-state index contributed by atoms with van der Waals surface area (Å²) in [7, 11) is 0. The zero-order valence-corrected chi connectivity index (χ0v) is 13.5. The van der Waals surface area contributed by atoms with Crippen LogP contribution in [0.1, 0.15) is 22.8 Å². The summed E-state index contributed by atoms with van der Waals surface area (Å²) in [6.45, 7) is 4.15. The van der Waals surface area contributed by atoms with E-state index in [4.69, 9.17) is 0 Å². The van der Waals surface area contributed by atoms with Crippen LogP contribution in [-0.4, -0.2) is 10.5 Å². The van der Waals surface area contributed by atoms with Crippen molar-refractivity contribution in [3.05, 3.63) is 64.0 Å². The second-order valence-corrected chi connectivity index (χ2v) is 6.16. The number of hydrogen-bond donors (Lipinski definition) is 0. The van der Waals surface area contributed by atoms with E-state index in [9.17, 15) is 13.6 Å². The number of aryl methyl sites for hydroxylation is 2. The number of halogens is 2. The molecule has 0 aliphatic rings. The topological polar surface area (TPSA) is 34.4 Å². The number of fused-ring (bicyclic) bond motifs is 1. The Labute approximate surface area is 135 Å². The summed E-state index contributed by atoms with van der Waals surface area (Å²) >= 11 is 1.10. The van der Waals surface area contributed by atoms with Gasteiger partial charge in [-0.3, -0.25) is 4.79 Å². The van der Waals surface area contributed by atoms with E-state index in [2.05, 4.69) is 4.99 Å². The quantitative estimate of drug-likeness (QED) is 0.697. The van der Waals surface area contributed by atoms with Gasteiger partial charge in [0.05, 0.1) is 10.2 Å². The molecule has 0 atom stereocenters. The molecule has 3 nitrogen and oxygen atoms in total. The van der Waals surface area contributed by atoms with Gasteiger partial charge < -0.3 is 4.57 Å². The average Bonchev–Trinajstić information content (AvgIpc) is 2.84. The highest BCUT2D eigenvalue weighted by Gasteiger charge is 2.13. The molecule has 3 rings (SSSR count). The van der Waals surface area contributed by atoms with Crippen molar-refractivity contribution in [3.63, 3.8) is 0 Å². The van der Waals surface area contributed by atoms with E-state index in [1.165, 1.54) is 6.07 Å². The molecule has 6 heteroatoms. The van der Waals surface area contributed by atoms with E-state index < -0.39 is 17.5 Å². The lowest BCUT2D eigenvalue weighted by molar-refractivity contribution is 0.0997. The first kappa shape index (κ1) is 15.6. The first-order chi connectivity index (χ1) is 11.0. The number of hydrogen-bond acceptors (Lipinski definition) is 2. The van der Waals surface area contributed by atoms with Crippen LogP contribution in [0.25, 0.3) is 10.2 Å². The third-order valence-corrected chi connectivity index (χ3v) is 4.50.